The highest BCUT2D eigenvalue weighted by molar-refractivity contribution is 7.17. The Morgan fingerprint density at radius 3 is 3.00 bits per heavy atom. The Morgan fingerprint density at radius 2 is 2.23 bits per heavy atom. The molecule has 1 atom stereocenters. The molecule has 1 saturated heterocycles. The molecule has 7 nitrogen and oxygen atoms in total. The molecular weight excluding hydrogens is 350 g/mol. The number of aryl methyl sites for hydroxylation is 2. The zero-order chi connectivity index (χ0) is 18.3. The number of thiazole rings is 1. The lowest BCUT2D eigenvalue weighted by molar-refractivity contribution is 0.0660. The number of hydrogen-bond donors (Lipinski definition) is 0. The number of imidazole rings is 1. The molecule has 4 rings (SSSR count). The van der Waals surface area contributed by atoms with Gasteiger partial charge in [-0.05, 0) is 32.6 Å². The van der Waals surface area contributed by atoms with Crippen molar-refractivity contribution in [2.45, 2.75) is 33.2 Å². The van der Waals surface area contributed by atoms with Crippen molar-refractivity contribution in [1.29, 1.82) is 0 Å². The number of amides is 1. The van der Waals surface area contributed by atoms with Crippen LogP contribution >= 0.6 is 11.3 Å². The van der Waals surface area contributed by atoms with E-state index in [4.69, 9.17) is 0 Å². The highest BCUT2D eigenvalue weighted by Gasteiger charge is 2.27. The van der Waals surface area contributed by atoms with Crippen LogP contribution in [0.25, 0.3) is 4.96 Å². The predicted molar refractivity (Wildman–Crippen MR) is 99.7 cm³/mol. The molecule has 3 aromatic heterocycles. The fraction of sp³-hybridized carbons (Fsp3) is 0.444. The van der Waals surface area contributed by atoms with E-state index in [1.807, 2.05) is 24.6 Å². The zero-order valence-electron chi connectivity index (χ0n) is 14.9. The van der Waals surface area contributed by atoms with E-state index in [9.17, 15) is 9.59 Å². The summed E-state index contributed by atoms with van der Waals surface area (Å²) in [6, 6.07) is 0. The highest BCUT2D eigenvalue weighted by atomic mass is 32.1. The van der Waals surface area contributed by atoms with Gasteiger partial charge >= 0.3 is 0 Å². The van der Waals surface area contributed by atoms with Gasteiger partial charge in [0, 0.05) is 48.8 Å². The van der Waals surface area contributed by atoms with Gasteiger partial charge in [-0.15, -0.1) is 11.3 Å². The lowest BCUT2D eigenvalue weighted by Crippen LogP contribution is -2.43. The maximum atomic E-state index is 13.0. The number of carbonyl (C=O) groups excluding carboxylic acids is 1. The number of likely N-dealkylation sites (tertiary alicyclic amines) is 1. The molecule has 0 radical (unpaired) electrons. The van der Waals surface area contributed by atoms with Gasteiger partial charge < -0.3 is 9.47 Å². The largest absolute Gasteiger partial charge is 0.338 e. The van der Waals surface area contributed by atoms with Crippen LogP contribution in [0.3, 0.4) is 0 Å². The molecule has 0 aromatic carbocycles. The molecule has 1 amide bonds. The third-order valence-electron chi connectivity index (χ3n) is 5.08. The van der Waals surface area contributed by atoms with Gasteiger partial charge in [0.2, 0.25) is 0 Å². The molecule has 136 valence electrons. The van der Waals surface area contributed by atoms with Crippen LogP contribution in [0, 0.1) is 19.8 Å². The molecule has 8 heteroatoms. The zero-order valence-corrected chi connectivity index (χ0v) is 15.7. The van der Waals surface area contributed by atoms with E-state index in [1.54, 1.807) is 21.8 Å². The van der Waals surface area contributed by atoms with E-state index in [-0.39, 0.29) is 17.0 Å². The van der Waals surface area contributed by atoms with Crippen LogP contribution in [-0.2, 0) is 6.54 Å². The Labute approximate surface area is 154 Å². The first-order valence-corrected chi connectivity index (χ1v) is 9.59. The Morgan fingerprint density at radius 1 is 1.38 bits per heavy atom. The van der Waals surface area contributed by atoms with Crippen LogP contribution in [0.15, 0.2) is 29.7 Å². The first-order valence-electron chi connectivity index (χ1n) is 8.77. The van der Waals surface area contributed by atoms with Gasteiger partial charge in [0.1, 0.15) is 5.56 Å². The van der Waals surface area contributed by atoms with E-state index in [0.717, 1.165) is 30.0 Å². The van der Waals surface area contributed by atoms with E-state index < -0.39 is 0 Å². The molecular formula is C18H21N5O2S. The van der Waals surface area contributed by atoms with E-state index in [0.29, 0.717) is 24.0 Å². The Bertz CT molecular complexity index is 1000. The van der Waals surface area contributed by atoms with Crippen molar-refractivity contribution < 1.29 is 4.79 Å². The van der Waals surface area contributed by atoms with Crippen molar-refractivity contribution in [3.63, 3.8) is 0 Å². The topological polar surface area (TPSA) is 72.5 Å². The van der Waals surface area contributed by atoms with E-state index in [2.05, 4.69) is 9.97 Å². The fourth-order valence-corrected chi connectivity index (χ4v) is 4.51. The van der Waals surface area contributed by atoms with Crippen LogP contribution in [-0.4, -0.2) is 42.8 Å². The van der Waals surface area contributed by atoms with Gasteiger partial charge in [0.15, 0.2) is 4.96 Å². The molecule has 1 aliphatic rings. The van der Waals surface area contributed by atoms with Crippen LogP contribution in [0.2, 0.25) is 0 Å². The molecule has 0 saturated carbocycles. The number of fused-ring (bicyclic) bond motifs is 1. The average molecular weight is 371 g/mol. The van der Waals surface area contributed by atoms with Gasteiger partial charge in [-0.3, -0.25) is 14.0 Å². The molecule has 0 N–H and O–H groups in total. The van der Waals surface area contributed by atoms with Gasteiger partial charge in [-0.1, -0.05) is 0 Å². The second kappa shape index (κ2) is 6.68. The van der Waals surface area contributed by atoms with Crippen molar-refractivity contribution in [3.05, 3.63) is 51.4 Å². The number of hydrogen-bond acceptors (Lipinski definition) is 5. The standard InChI is InChI=1S/C18H21N5O2S/c1-12-13(2)26-18-20-8-15(17(25)23(12)18)16(24)22-6-3-4-14(10-22)9-21-7-5-19-11-21/h5,7-8,11,14H,3-4,6,9-10H2,1-2H3/t14-/m0/s1. The van der Waals surface area contributed by atoms with Crippen LogP contribution in [0.4, 0.5) is 0 Å². The number of aromatic nitrogens is 4. The van der Waals surface area contributed by atoms with E-state index in [1.165, 1.54) is 17.5 Å². The average Bonchev–Trinajstić information content (AvgIpc) is 3.24. The van der Waals surface area contributed by atoms with Crippen LogP contribution < -0.4 is 5.56 Å². The van der Waals surface area contributed by atoms with Crippen molar-refractivity contribution in [1.82, 2.24) is 23.8 Å². The summed E-state index contributed by atoms with van der Waals surface area (Å²) in [5.74, 6) is 0.155. The second-order valence-electron chi connectivity index (χ2n) is 6.86. The Hall–Kier alpha value is -2.48. The molecule has 0 aliphatic carbocycles. The summed E-state index contributed by atoms with van der Waals surface area (Å²) < 4.78 is 3.60. The minimum Gasteiger partial charge on any atom is -0.338 e. The number of carbonyl (C=O) groups is 1. The maximum absolute atomic E-state index is 13.0. The fourth-order valence-electron chi connectivity index (χ4n) is 3.58. The van der Waals surface area contributed by atoms with Crippen molar-refractivity contribution in [3.8, 4) is 0 Å². The van der Waals surface area contributed by atoms with Gasteiger partial charge in [-0.2, -0.15) is 0 Å². The lowest BCUT2D eigenvalue weighted by atomic mass is 9.97. The normalized spacial score (nSPS) is 17.8. The summed E-state index contributed by atoms with van der Waals surface area (Å²) in [4.78, 5) is 37.7. The summed E-state index contributed by atoms with van der Waals surface area (Å²) >= 11 is 1.47. The van der Waals surface area contributed by atoms with Crippen molar-refractivity contribution in [2.75, 3.05) is 13.1 Å². The number of nitrogens with zero attached hydrogens (tertiary/aromatic N) is 5. The third kappa shape index (κ3) is 2.94. The summed E-state index contributed by atoms with van der Waals surface area (Å²) in [6.45, 7) is 6.02. The molecule has 1 fully saturated rings. The third-order valence-corrected chi connectivity index (χ3v) is 6.16. The van der Waals surface area contributed by atoms with Gasteiger partial charge in [-0.25, -0.2) is 9.97 Å². The van der Waals surface area contributed by atoms with Crippen molar-refractivity contribution in [2.24, 2.45) is 5.92 Å². The summed E-state index contributed by atoms with van der Waals surface area (Å²) in [5, 5.41) is 0. The SMILES string of the molecule is Cc1sc2ncc(C(=O)N3CCC[C@@H](Cn4ccnc4)C3)c(=O)n2c1C. The smallest absolute Gasteiger partial charge is 0.271 e. The highest BCUT2D eigenvalue weighted by Crippen LogP contribution is 2.21. The minimum absolute atomic E-state index is 0.159. The van der Waals surface area contributed by atoms with Crippen LogP contribution in [0.1, 0.15) is 33.8 Å². The number of rotatable bonds is 3. The first-order chi connectivity index (χ1) is 12.5. The Balaban J connectivity index is 1.59. The Kier molecular flexibility index (Phi) is 4.36. The molecule has 3 aromatic rings. The molecule has 0 unspecified atom stereocenters. The lowest BCUT2D eigenvalue weighted by Gasteiger charge is -2.32. The summed E-state index contributed by atoms with van der Waals surface area (Å²) in [6.07, 6.45) is 8.95. The summed E-state index contributed by atoms with van der Waals surface area (Å²) in [7, 11) is 0. The van der Waals surface area contributed by atoms with Crippen LogP contribution in [0.5, 0.6) is 0 Å². The van der Waals surface area contributed by atoms with Gasteiger partial charge in [0.25, 0.3) is 11.5 Å². The minimum atomic E-state index is -0.265. The molecule has 0 bridgehead atoms. The maximum Gasteiger partial charge on any atom is 0.271 e. The molecule has 4 heterocycles. The van der Waals surface area contributed by atoms with E-state index >= 15 is 0 Å². The predicted octanol–water partition coefficient (Wildman–Crippen LogP) is 2.12. The molecule has 1 aliphatic heterocycles. The molecule has 26 heavy (non-hydrogen) atoms. The second-order valence-corrected chi connectivity index (χ2v) is 8.04. The van der Waals surface area contributed by atoms with Crippen molar-refractivity contribution >= 4 is 22.2 Å². The number of piperidine rings is 1. The quantitative estimate of drug-likeness (QED) is 0.707. The van der Waals surface area contributed by atoms with Gasteiger partial charge in [0.05, 0.1) is 6.33 Å². The summed E-state index contributed by atoms with van der Waals surface area (Å²) in [5.41, 5.74) is 0.749. The monoisotopic (exact) mass is 371 g/mol. The first kappa shape index (κ1) is 17.0. The molecule has 0 spiro atoms.